The minimum Gasteiger partial charge on any atom is -0.485 e. The third-order valence-electron chi connectivity index (χ3n) is 5.10. The second kappa shape index (κ2) is 10.4. The number of nitrogens with one attached hydrogen (secondary N) is 1. The summed E-state index contributed by atoms with van der Waals surface area (Å²) in [6.07, 6.45) is 4.74. The van der Waals surface area contributed by atoms with E-state index in [2.05, 4.69) is 15.3 Å². The Balaban J connectivity index is 1.43. The number of pyridine rings is 2. The highest BCUT2D eigenvalue weighted by atomic mass is 16.5. The maximum Gasteiger partial charge on any atom is 0.307 e. The van der Waals surface area contributed by atoms with Crippen LogP contribution >= 0.6 is 0 Å². The third kappa shape index (κ3) is 5.76. The van der Waals surface area contributed by atoms with Gasteiger partial charge in [0, 0.05) is 43.3 Å². The van der Waals surface area contributed by atoms with Gasteiger partial charge in [0.1, 0.15) is 23.4 Å². The van der Waals surface area contributed by atoms with Crippen LogP contribution in [0.5, 0.6) is 11.5 Å². The molecule has 1 aliphatic heterocycles. The van der Waals surface area contributed by atoms with Crippen LogP contribution in [0.3, 0.4) is 0 Å². The molecule has 1 unspecified atom stereocenters. The van der Waals surface area contributed by atoms with E-state index < -0.39 is 12.1 Å². The molecule has 1 amide bonds. The molecule has 0 bridgehead atoms. The van der Waals surface area contributed by atoms with Gasteiger partial charge in [-0.05, 0) is 36.8 Å². The first-order valence-corrected chi connectivity index (χ1v) is 10.6. The van der Waals surface area contributed by atoms with Gasteiger partial charge in [0.15, 0.2) is 6.61 Å². The molecule has 0 spiro atoms. The zero-order valence-electron chi connectivity index (χ0n) is 17.9. The van der Waals surface area contributed by atoms with Crippen LogP contribution < -0.4 is 19.7 Å². The number of aliphatic carboxylic acids is 1. The smallest absolute Gasteiger partial charge is 0.307 e. The maximum atomic E-state index is 12.5. The summed E-state index contributed by atoms with van der Waals surface area (Å²) in [5.41, 5.74) is 1.32. The first-order valence-electron chi connectivity index (χ1n) is 10.6. The van der Waals surface area contributed by atoms with Crippen LogP contribution in [0, 0.1) is 0 Å². The van der Waals surface area contributed by atoms with Gasteiger partial charge in [0.25, 0.3) is 5.91 Å². The molecule has 0 radical (unpaired) electrons. The molecular formula is C24H24N4O5. The molecule has 0 aliphatic carbocycles. The summed E-state index contributed by atoms with van der Waals surface area (Å²) in [6.45, 7) is 1.12. The molecule has 3 aromatic rings. The van der Waals surface area contributed by atoms with Crippen LogP contribution in [-0.4, -0.2) is 46.6 Å². The Morgan fingerprint density at radius 1 is 1.21 bits per heavy atom. The highest BCUT2D eigenvalue weighted by Crippen LogP contribution is 2.37. The highest BCUT2D eigenvalue weighted by molar-refractivity contribution is 5.97. The summed E-state index contributed by atoms with van der Waals surface area (Å²) in [7, 11) is 0. The largest absolute Gasteiger partial charge is 0.485 e. The van der Waals surface area contributed by atoms with Crippen LogP contribution in [0.1, 0.15) is 24.5 Å². The van der Waals surface area contributed by atoms with Crippen molar-refractivity contribution in [1.82, 2.24) is 9.97 Å². The Bertz CT molecular complexity index is 1090. The van der Waals surface area contributed by atoms with Crippen molar-refractivity contribution in [2.75, 3.05) is 29.9 Å². The Labute approximate surface area is 191 Å². The Hall–Kier alpha value is -4.14. The summed E-state index contributed by atoms with van der Waals surface area (Å²) in [5.74, 6) is 0.666. The molecule has 1 aromatic carbocycles. The lowest BCUT2D eigenvalue weighted by molar-refractivity contribution is -0.139. The Kier molecular flexibility index (Phi) is 6.99. The average molecular weight is 448 g/mol. The highest BCUT2D eigenvalue weighted by Gasteiger charge is 2.26. The summed E-state index contributed by atoms with van der Waals surface area (Å²) < 4.78 is 11.6. The fraction of sp³-hybridized carbons (Fsp3) is 0.250. The maximum absolute atomic E-state index is 12.5. The second-order valence-electron chi connectivity index (χ2n) is 7.45. The number of rotatable bonds is 10. The summed E-state index contributed by atoms with van der Waals surface area (Å²) >= 11 is 0. The third-order valence-corrected chi connectivity index (χ3v) is 5.10. The van der Waals surface area contributed by atoms with Crippen molar-refractivity contribution in [3.8, 4) is 11.5 Å². The number of ether oxygens (including phenoxy) is 2. The molecule has 2 N–H and O–H groups in total. The van der Waals surface area contributed by atoms with Gasteiger partial charge >= 0.3 is 5.97 Å². The summed E-state index contributed by atoms with van der Waals surface area (Å²) in [5, 5.41) is 12.5. The lowest BCUT2D eigenvalue weighted by atomic mass is 10.1. The molecular weight excluding hydrogens is 424 g/mol. The van der Waals surface area contributed by atoms with Crippen molar-refractivity contribution in [3.05, 3.63) is 72.7 Å². The molecule has 2 aromatic heterocycles. The van der Waals surface area contributed by atoms with Crippen molar-refractivity contribution in [1.29, 1.82) is 0 Å². The topological polar surface area (TPSA) is 114 Å². The Morgan fingerprint density at radius 3 is 2.88 bits per heavy atom. The number of carbonyl (C=O) groups excluding carboxylic acids is 1. The second-order valence-corrected chi connectivity index (χ2v) is 7.45. The monoisotopic (exact) mass is 448 g/mol. The van der Waals surface area contributed by atoms with E-state index in [9.17, 15) is 14.7 Å². The van der Waals surface area contributed by atoms with E-state index >= 15 is 0 Å². The number of hydrogen-bond donors (Lipinski definition) is 2. The van der Waals surface area contributed by atoms with Crippen molar-refractivity contribution >= 4 is 23.4 Å². The molecule has 4 rings (SSSR count). The van der Waals surface area contributed by atoms with Crippen LogP contribution in [0.2, 0.25) is 0 Å². The molecule has 33 heavy (non-hydrogen) atoms. The van der Waals surface area contributed by atoms with Gasteiger partial charge in [0.05, 0.1) is 12.1 Å². The fourth-order valence-electron chi connectivity index (χ4n) is 3.54. The van der Waals surface area contributed by atoms with E-state index in [1.807, 2.05) is 18.2 Å². The number of benzene rings is 1. The van der Waals surface area contributed by atoms with Gasteiger partial charge < -0.3 is 24.8 Å². The van der Waals surface area contributed by atoms with Crippen LogP contribution in [-0.2, 0) is 9.59 Å². The van der Waals surface area contributed by atoms with Crippen LogP contribution in [0.25, 0.3) is 0 Å². The van der Waals surface area contributed by atoms with Gasteiger partial charge in [0.2, 0.25) is 0 Å². The van der Waals surface area contributed by atoms with Crippen molar-refractivity contribution in [2.24, 2.45) is 0 Å². The zero-order chi connectivity index (χ0) is 23.0. The summed E-state index contributed by atoms with van der Waals surface area (Å²) in [4.78, 5) is 33.7. The number of anilines is 2. The molecule has 9 heteroatoms. The summed E-state index contributed by atoms with van der Waals surface area (Å²) in [6, 6.07) is 14.3. The number of nitrogens with zero attached hydrogens (tertiary/aromatic N) is 3. The van der Waals surface area contributed by atoms with Crippen molar-refractivity contribution < 1.29 is 24.2 Å². The molecule has 3 heterocycles. The normalized spacial score (nSPS) is 13.6. The first kappa shape index (κ1) is 22.1. The molecule has 9 nitrogen and oxygen atoms in total. The van der Waals surface area contributed by atoms with Crippen LogP contribution in [0.15, 0.2) is 67.1 Å². The van der Waals surface area contributed by atoms with Gasteiger partial charge in [-0.2, -0.15) is 0 Å². The number of fused-ring (bicyclic) bond motifs is 1. The number of carboxylic acids is 1. The average Bonchev–Trinajstić information content (AvgIpc) is 2.83. The van der Waals surface area contributed by atoms with Crippen molar-refractivity contribution in [3.63, 3.8) is 0 Å². The fourth-order valence-corrected chi connectivity index (χ4v) is 3.54. The number of carbonyl (C=O) groups is 2. The van der Waals surface area contributed by atoms with Gasteiger partial charge in [-0.1, -0.05) is 12.1 Å². The van der Waals surface area contributed by atoms with E-state index in [0.29, 0.717) is 35.8 Å². The van der Waals surface area contributed by atoms with E-state index in [0.717, 1.165) is 12.2 Å². The molecule has 0 saturated heterocycles. The number of carboxylic acid groups (broad SMARTS) is 1. The predicted octanol–water partition coefficient (Wildman–Crippen LogP) is 3.30. The molecule has 1 aliphatic rings. The lowest BCUT2D eigenvalue weighted by Gasteiger charge is -2.30. The lowest BCUT2D eigenvalue weighted by Crippen LogP contribution is -2.39. The molecule has 1 atom stereocenters. The molecule has 170 valence electrons. The SMILES string of the molecule is O=C(O)CC(Oc1ccc2c(c1)OCC(=O)N2CCCNc1ccccn1)c1cccnc1. The van der Waals surface area contributed by atoms with Gasteiger partial charge in [-0.3, -0.25) is 14.6 Å². The predicted molar refractivity (Wildman–Crippen MR) is 121 cm³/mol. The van der Waals surface area contributed by atoms with E-state index in [1.165, 1.54) is 0 Å². The quantitative estimate of drug-likeness (QED) is 0.454. The number of aromatic nitrogens is 2. The number of amides is 1. The van der Waals surface area contributed by atoms with Gasteiger partial charge in [-0.15, -0.1) is 0 Å². The molecule has 0 saturated carbocycles. The number of hydrogen-bond acceptors (Lipinski definition) is 7. The minimum atomic E-state index is -0.978. The van der Waals surface area contributed by atoms with Crippen molar-refractivity contribution in [2.45, 2.75) is 18.9 Å². The van der Waals surface area contributed by atoms with E-state index in [1.54, 1.807) is 53.8 Å². The van der Waals surface area contributed by atoms with E-state index in [-0.39, 0.29) is 18.9 Å². The van der Waals surface area contributed by atoms with Gasteiger partial charge in [-0.25, -0.2) is 4.98 Å². The zero-order valence-corrected chi connectivity index (χ0v) is 17.9. The minimum absolute atomic E-state index is 0.0642. The Morgan fingerprint density at radius 2 is 2.12 bits per heavy atom. The first-order chi connectivity index (χ1) is 16.1. The standard InChI is InChI=1S/C24H24N4O5/c29-23-16-32-21-13-18(33-20(14-24(30)31)17-5-3-9-25-15-17)7-8-19(21)28(23)12-4-11-27-22-6-1-2-10-26-22/h1-3,5-10,13,15,20H,4,11-12,14,16H2,(H,26,27)(H,30,31). The van der Waals surface area contributed by atoms with E-state index in [4.69, 9.17) is 9.47 Å². The molecule has 0 fully saturated rings. The van der Waals surface area contributed by atoms with Crippen LogP contribution in [0.4, 0.5) is 11.5 Å².